The van der Waals surface area contributed by atoms with Crippen molar-refractivity contribution in [1.82, 2.24) is 0 Å². The van der Waals surface area contributed by atoms with E-state index in [-0.39, 0.29) is 28.3 Å². The molecule has 0 atom stereocenters. The Hall–Kier alpha value is 0.367. The van der Waals surface area contributed by atoms with Gasteiger partial charge in [0.2, 0.25) is 10.0 Å². The molecule has 0 aromatic carbocycles. The third kappa shape index (κ3) is 1360. The van der Waals surface area contributed by atoms with E-state index in [1.165, 1.54) is 0 Å². The van der Waals surface area contributed by atoms with Crippen molar-refractivity contribution in [3.05, 3.63) is 0 Å². The van der Waals surface area contributed by atoms with Crippen LogP contribution >= 0.6 is 0 Å². The van der Waals surface area contributed by atoms with E-state index in [0.717, 1.165) is 6.26 Å². The third-order valence-corrected chi connectivity index (χ3v) is 0. The molecular weight excluding hydrogens is 135 g/mol. The summed E-state index contributed by atoms with van der Waals surface area (Å²) in [6.07, 6.45) is 0.938. The molecule has 0 heterocycles. The van der Waals surface area contributed by atoms with Crippen LogP contribution in [-0.4, -0.2) is 33.5 Å². The molecule has 0 aromatic heterocycles. The van der Waals surface area contributed by atoms with Gasteiger partial charge in [-0.1, -0.05) is 0 Å². The minimum atomic E-state index is -3.17. The third-order valence-electron chi connectivity index (χ3n) is 0. The molecule has 0 radical (unpaired) electrons. The first-order valence-corrected chi connectivity index (χ1v) is 2.93. The van der Waals surface area contributed by atoms with Crippen LogP contribution in [0.25, 0.3) is 0 Å². The van der Waals surface area contributed by atoms with Crippen LogP contribution in [0.3, 0.4) is 0 Å². The van der Waals surface area contributed by atoms with E-state index >= 15 is 0 Å². The van der Waals surface area contributed by atoms with Crippen molar-refractivity contribution in [2.45, 2.75) is 0 Å². The Balaban J connectivity index is -0.0000000267. The number of primary sulfonamides is 1. The Morgan fingerprint density at radius 1 is 1.25 bits per heavy atom. The van der Waals surface area contributed by atoms with Crippen molar-refractivity contribution >= 4 is 28.9 Å². The molecule has 2 N–H and O–H groups in total. The molecular formula is CH8F2LiNO2S. The van der Waals surface area contributed by atoms with E-state index in [2.05, 4.69) is 5.14 Å². The zero-order valence-corrected chi connectivity index (χ0v) is 4.44. The standard InChI is InChI=1S/CH5NO2S.2FH.Li.H/c1-5(2,3)4;;;;/h1H3,(H2,2,3,4);2*1H;;. The van der Waals surface area contributed by atoms with Gasteiger partial charge < -0.3 is 0 Å². The second-order valence-corrected chi connectivity index (χ2v) is 2.49. The fourth-order valence-electron chi connectivity index (χ4n) is 0. The summed E-state index contributed by atoms with van der Waals surface area (Å²) in [6, 6.07) is 0. The molecule has 3 nitrogen and oxygen atoms in total. The van der Waals surface area contributed by atoms with Gasteiger partial charge in [0.05, 0.1) is 6.26 Å². The van der Waals surface area contributed by atoms with E-state index in [4.69, 9.17) is 0 Å². The van der Waals surface area contributed by atoms with Crippen LogP contribution in [-0.2, 0) is 10.0 Å². The molecule has 0 spiro atoms. The van der Waals surface area contributed by atoms with Crippen LogP contribution in [0.4, 0.5) is 9.41 Å². The molecule has 0 amide bonds. The summed E-state index contributed by atoms with van der Waals surface area (Å²) >= 11 is 0. The van der Waals surface area contributed by atoms with E-state index in [0.29, 0.717) is 0 Å². The van der Waals surface area contributed by atoms with Crippen LogP contribution < -0.4 is 5.14 Å². The number of hydrogen-bond acceptors (Lipinski definition) is 2. The molecule has 0 unspecified atom stereocenters. The summed E-state index contributed by atoms with van der Waals surface area (Å²) < 4.78 is 18.8. The zero-order valence-electron chi connectivity index (χ0n) is 3.62. The fraction of sp³-hybridized carbons (Fsp3) is 1.00. The molecule has 0 saturated heterocycles. The van der Waals surface area contributed by atoms with Gasteiger partial charge in [0.25, 0.3) is 0 Å². The summed E-state index contributed by atoms with van der Waals surface area (Å²) in [5.74, 6) is 0. The normalized spacial score (nSPS) is 7.25. The second-order valence-electron chi connectivity index (χ2n) is 0.830. The van der Waals surface area contributed by atoms with E-state index in [1.807, 2.05) is 0 Å². The summed E-state index contributed by atoms with van der Waals surface area (Å²) in [6.45, 7) is 0. The predicted octanol–water partition coefficient (Wildman–Crippen LogP) is -1.44. The van der Waals surface area contributed by atoms with Crippen molar-refractivity contribution in [3.63, 3.8) is 0 Å². The predicted molar refractivity (Wildman–Crippen MR) is 31.2 cm³/mol. The van der Waals surface area contributed by atoms with Crippen LogP contribution in [0.2, 0.25) is 0 Å². The van der Waals surface area contributed by atoms with E-state index in [9.17, 15) is 8.42 Å². The van der Waals surface area contributed by atoms with Gasteiger partial charge in [-0.2, -0.15) is 0 Å². The average molecular weight is 143 g/mol. The molecule has 0 rings (SSSR count). The van der Waals surface area contributed by atoms with Gasteiger partial charge in [-0.3, -0.25) is 9.41 Å². The van der Waals surface area contributed by atoms with Gasteiger partial charge in [0.15, 0.2) is 0 Å². The first-order valence-electron chi connectivity index (χ1n) is 0.977. The Bertz CT molecular complexity index is 103. The fourth-order valence-corrected chi connectivity index (χ4v) is 0. The van der Waals surface area contributed by atoms with E-state index in [1.54, 1.807) is 0 Å². The maximum absolute atomic E-state index is 9.41. The average Bonchev–Trinajstić information content (AvgIpc) is 0.722. The Labute approximate surface area is 58.6 Å². The molecule has 8 heavy (non-hydrogen) atoms. The quantitative estimate of drug-likeness (QED) is 0.422. The SMILES string of the molecule is CS(N)(=O)=O.F.F.[LiH]. The van der Waals surface area contributed by atoms with Crippen molar-refractivity contribution in [2.24, 2.45) is 5.14 Å². The topological polar surface area (TPSA) is 60.2 Å². The van der Waals surface area contributed by atoms with Crippen LogP contribution in [0.1, 0.15) is 0 Å². The molecule has 0 fully saturated rings. The first kappa shape index (κ1) is 23.8. The molecule has 0 aliphatic carbocycles. The molecule has 50 valence electrons. The maximum atomic E-state index is 9.41. The van der Waals surface area contributed by atoms with Crippen molar-refractivity contribution < 1.29 is 17.8 Å². The van der Waals surface area contributed by atoms with Crippen molar-refractivity contribution in [3.8, 4) is 0 Å². The zero-order chi connectivity index (χ0) is 4.50. The van der Waals surface area contributed by atoms with Crippen molar-refractivity contribution in [1.29, 1.82) is 0 Å². The number of sulfonamides is 1. The van der Waals surface area contributed by atoms with Crippen LogP contribution in [0.15, 0.2) is 0 Å². The number of nitrogens with two attached hydrogens (primary N) is 1. The molecule has 0 aromatic rings. The van der Waals surface area contributed by atoms with E-state index < -0.39 is 10.0 Å². The van der Waals surface area contributed by atoms with Gasteiger partial charge in [-0.05, 0) is 0 Å². The summed E-state index contributed by atoms with van der Waals surface area (Å²) in [5.41, 5.74) is 0. The minimum absolute atomic E-state index is 0. The Morgan fingerprint density at radius 2 is 1.25 bits per heavy atom. The number of rotatable bonds is 0. The van der Waals surface area contributed by atoms with Gasteiger partial charge in [0, 0.05) is 0 Å². The van der Waals surface area contributed by atoms with Crippen molar-refractivity contribution in [2.75, 3.05) is 6.26 Å². The Kier molecular flexibility index (Phi) is 21.9. The monoisotopic (exact) mass is 143 g/mol. The van der Waals surface area contributed by atoms with Crippen LogP contribution in [0.5, 0.6) is 0 Å². The Morgan fingerprint density at radius 3 is 1.25 bits per heavy atom. The van der Waals surface area contributed by atoms with Gasteiger partial charge >= 0.3 is 18.9 Å². The molecule has 0 aliphatic rings. The number of halogens is 2. The molecule has 0 saturated carbocycles. The first-order chi connectivity index (χ1) is 2.00. The summed E-state index contributed by atoms with van der Waals surface area (Å²) in [4.78, 5) is 0. The molecule has 0 aliphatic heterocycles. The van der Waals surface area contributed by atoms with Gasteiger partial charge in [-0.15, -0.1) is 0 Å². The molecule has 0 bridgehead atoms. The molecule has 7 heteroatoms. The second kappa shape index (κ2) is 7.37. The van der Waals surface area contributed by atoms with Gasteiger partial charge in [0.1, 0.15) is 0 Å². The van der Waals surface area contributed by atoms with Crippen LogP contribution in [0, 0.1) is 0 Å². The number of hydrogen-bond donors (Lipinski definition) is 1. The summed E-state index contributed by atoms with van der Waals surface area (Å²) in [5, 5.41) is 4.33. The van der Waals surface area contributed by atoms with Gasteiger partial charge in [-0.25, -0.2) is 13.6 Å². The summed E-state index contributed by atoms with van der Waals surface area (Å²) in [7, 11) is -3.17.